The molecular weight excluding hydrogens is 581 g/mol. The van der Waals surface area contributed by atoms with E-state index in [2.05, 4.69) is 5.32 Å². The fraction of sp³-hybridized carbons (Fsp3) is 0.355. The monoisotopic (exact) mass is 617 g/mol. The largest absolute Gasteiger partial charge is 0.354 e. The Morgan fingerprint density at radius 3 is 2.22 bits per heavy atom. The Balaban J connectivity index is 2.06. The quantitative estimate of drug-likeness (QED) is 0.221. The van der Waals surface area contributed by atoms with Crippen molar-refractivity contribution in [3.63, 3.8) is 0 Å². The molecule has 0 aliphatic rings. The molecule has 0 saturated heterocycles. The number of unbranched alkanes of at least 4 members (excludes halogenated alkanes) is 1. The van der Waals surface area contributed by atoms with E-state index in [1.165, 1.54) is 17.0 Å². The van der Waals surface area contributed by atoms with Crippen LogP contribution in [0.2, 0.25) is 10.0 Å². The van der Waals surface area contributed by atoms with Crippen molar-refractivity contribution in [3.05, 3.63) is 93.5 Å². The van der Waals surface area contributed by atoms with Crippen LogP contribution in [-0.2, 0) is 26.2 Å². The molecule has 0 aliphatic carbocycles. The maximum atomic E-state index is 14.1. The summed E-state index contributed by atoms with van der Waals surface area (Å²) in [5.74, 6) is -0.814. The third-order valence-corrected chi connectivity index (χ3v) is 9.34. The molecule has 7 nitrogen and oxygen atoms in total. The molecule has 0 aliphatic heterocycles. The Labute approximate surface area is 253 Å². The second kappa shape index (κ2) is 14.7. The van der Waals surface area contributed by atoms with Gasteiger partial charge in [-0.05, 0) is 68.1 Å². The fourth-order valence-electron chi connectivity index (χ4n) is 4.45. The lowest BCUT2D eigenvalue weighted by atomic mass is 10.1. The third-order valence-electron chi connectivity index (χ3n) is 6.82. The van der Waals surface area contributed by atoms with E-state index in [4.69, 9.17) is 23.2 Å². The Hall–Kier alpha value is -3.07. The molecule has 0 radical (unpaired) electrons. The normalized spacial score (nSPS) is 12.0. The summed E-state index contributed by atoms with van der Waals surface area (Å²) in [4.78, 5) is 28.9. The van der Waals surface area contributed by atoms with Gasteiger partial charge in [0.15, 0.2) is 0 Å². The first-order valence-electron chi connectivity index (χ1n) is 13.7. The minimum Gasteiger partial charge on any atom is -0.354 e. The summed E-state index contributed by atoms with van der Waals surface area (Å²) in [5.41, 5.74) is 2.65. The van der Waals surface area contributed by atoms with E-state index in [9.17, 15) is 18.0 Å². The Kier molecular flexibility index (Phi) is 11.6. The minimum absolute atomic E-state index is 0.0433. The van der Waals surface area contributed by atoms with Crippen molar-refractivity contribution < 1.29 is 18.0 Å². The van der Waals surface area contributed by atoms with Gasteiger partial charge in [-0.25, -0.2) is 8.42 Å². The van der Waals surface area contributed by atoms with Gasteiger partial charge in [0.05, 0.1) is 20.6 Å². The zero-order valence-corrected chi connectivity index (χ0v) is 26.2. The molecule has 41 heavy (non-hydrogen) atoms. The number of nitrogens with one attached hydrogen (secondary N) is 1. The number of sulfonamides is 1. The number of rotatable bonds is 13. The predicted octanol–water partition coefficient (Wildman–Crippen LogP) is 6.53. The molecule has 10 heteroatoms. The molecule has 0 unspecified atom stereocenters. The highest BCUT2D eigenvalue weighted by Crippen LogP contribution is 2.28. The third kappa shape index (κ3) is 8.24. The van der Waals surface area contributed by atoms with Crippen LogP contribution < -0.4 is 9.62 Å². The van der Waals surface area contributed by atoms with Gasteiger partial charge in [0.25, 0.3) is 10.0 Å². The molecule has 2 amide bonds. The first-order valence-corrected chi connectivity index (χ1v) is 15.8. The smallest absolute Gasteiger partial charge is 0.264 e. The molecule has 0 saturated carbocycles. The van der Waals surface area contributed by atoms with Crippen LogP contribution in [0.1, 0.15) is 49.8 Å². The van der Waals surface area contributed by atoms with E-state index >= 15 is 0 Å². The molecule has 3 aromatic carbocycles. The number of benzene rings is 3. The summed E-state index contributed by atoms with van der Waals surface area (Å²) < 4.78 is 29.1. The fourth-order valence-corrected chi connectivity index (χ4v) is 6.25. The lowest BCUT2D eigenvalue weighted by Gasteiger charge is -2.33. The van der Waals surface area contributed by atoms with Crippen molar-refractivity contribution >= 4 is 50.7 Å². The van der Waals surface area contributed by atoms with Crippen LogP contribution in [0.4, 0.5) is 5.69 Å². The van der Waals surface area contributed by atoms with Crippen LogP contribution in [0.15, 0.2) is 71.6 Å². The van der Waals surface area contributed by atoms with E-state index in [1.54, 1.807) is 55.5 Å². The Bertz CT molecular complexity index is 1460. The molecule has 0 heterocycles. The first kappa shape index (κ1) is 32.4. The summed E-state index contributed by atoms with van der Waals surface area (Å²) in [7, 11) is -4.13. The van der Waals surface area contributed by atoms with Crippen molar-refractivity contribution in [3.8, 4) is 0 Å². The summed E-state index contributed by atoms with van der Waals surface area (Å²) in [6.07, 6.45) is 2.05. The van der Waals surface area contributed by atoms with Gasteiger partial charge < -0.3 is 10.2 Å². The van der Waals surface area contributed by atoms with Crippen molar-refractivity contribution in [1.29, 1.82) is 0 Å². The van der Waals surface area contributed by atoms with Crippen LogP contribution in [0.3, 0.4) is 0 Å². The second-order valence-corrected chi connectivity index (χ2v) is 12.6. The number of amides is 2. The second-order valence-electron chi connectivity index (χ2n) is 9.95. The van der Waals surface area contributed by atoms with Gasteiger partial charge in [-0.2, -0.15) is 0 Å². The molecule has 1 N–H and O–H groups in total. The molecule has 0 spiro atoms. The van der Waals surface area contributed by atoms with E-state index in [0.717, 1.165) is 22.7 Å². The number of aryl methyl sites for hydroxylation is 2. The van der Waals surface area contributed by atoms with Crippen molar-refractivity contribution in [2.45, 2.75) is 64.4 Å². The van der Waals surface area contributed by atoms with Crippen molar-refractivity contribution in [1.82, 2.24) is 10.2 Å². The number of hydrogen-bond acceptors (Lipinski definition) is 4. The number of anilines is 1. The number of carbonyl (C=O) groups is 2. The first-order chi connectivity index (χ1) is 19.5. The molecule has 220 valence electrons. The lowest BCUT2D eigenvalue weighted by molar-refractivity contribution is -0.140. The van der Waals surface area contributed by atoms with E-state index in [0.29, 0.717) is 39.8 Å². The number of hydrogen-bond donors (Lipinski definition) is 1. The van der Waals surface area contributed by atoms with Gasteiger partial charge in [-0.3, -0.25) is 13.9 Å². The predicted molar refractivity (Wildman–Crippen MR) is 166 cm³/mol. The van der Waals surface area contributed by atoms with Crippen LogP contribution >= 0.6 is 23.2 Å². The molecule has 3 aromatic rings. The van der Waals surface area contributed by atoms with Crippen LogP contribution in [0.25, 0.3) is 0 Å². The average Bonchev–Trinajstić information content (AvgIpc) is 2.94. The zero-order chi connectivity index (χ0) is 30.2. The highest BCUT2D eigenvalue weighted by molar-refractivity contribution is 7.92. The number of carbonyl (C=O) groups excluding carboxylic acids is 2. The Morgan fingerprint density at radius 1 is 0.927 bits per heavy atom. The molecule has 0 bridgehead atoms. The number of nitrogens with zero attached hydrogens (tertiary/aromatic N) is 2. The maximum absolute atomic E-state index is 14.1. The van der Waals surface area contributed by atoms with Gasteiger partial charge in [0.1, 0.15) is 12.6 Å². The average molecular weight is 619 g/mol. The van der Waals surface area contributed by atoms with E-state index in [1.807, 2.05) is 26.8 Å². The molecular formula is C31H37Cl2N3O4S. The van der Waals surface area contributed by atoms with Crippen LogP contribution in [0, 0.1) is 13.8 Å². The summed E-state index contributed by atoms with van der Waals surface area (Å²) in [5, 5.41) is 3.61. The van der Waals surface area contributed by atoms with E-state index < -0.39 is 28.5 Å². The van der Waals surface area contributed by atoms with Gasteiger partial charge in [-0.1, -0.05) is 85.4 Å². The molecule has 1 atom stereocenters. The molecule has 3 rings (SSSR count). The lowest BCUT2D eigenvalue weighted by Crippen LogP contribution is -2.52. The summed E-state index contributed by atoms with van der Waals surface area (Å²) >= 11 is 12.4. The number of para-hydroxylation sites is 1. The van der Waals surface area contributed by atoms with Gasteiger partial charge in [0, 0.05) is 13.1 Å². The van der Waals surface area contributed by atoms with Gasteiger partial charge >= 0.3 is 0 Å². The topological polar surface area (TPSA) is 86.8 Å². The van der Waals surface area contributed by atoms with Crippen LogP contribution in [0.5, 0.6) is 0 Å². The van der Waals surface area contributed by atoms with Gasteiger partial charge in [-0.15, -0.1) is 0 Å². The van der Waals surface area contributed by atoms with Crippen molar-refractivity contribution in [2.75, 3.05) is 17.4 Å². The van der Waals surface area contributed by atoms with Crippen LogP contribution in [-0.4, -0.2) is 44.3 Å². The minimum atomic E-state index is -4.13. The highest BCUT2D eigenvalue weighted by Gasteiger charge is 2.34. The summed E-state index contributed by atoms with van der Waals surface area (Å²) in [6.45, 7) is 7.54. The standard InChI is InChI=1S/C31H37Cl2N3O4S/c1-5-7-18-34-31(38)28(6-2)35(20-24-14-17-26(32)27(33)19-24)30(37)21-36(29-11-9-8-10-23(29)4)41(39,40)25-15-12-22(3)13-16-25/h8-17,19,28H,5-7,18,20-21H2,1-4H3,(H,34,38)/t28-/m1/s1. The van der Waals surface area contributed by atoms with E-state index in [-0.39, 0.29) is 17.3 Å². The SMILES string of the molecule is CCCCNC(=O)[C@@H](CC)N(Cc1ccc(Cl)c(Cl)c1)C(=O)CN(c1ccccc1C)S(=O)(=O)c1ccc(C)cc1. The Morgan fingerprint density at radius 2 is 1.61 bits per heavy atom. The van der Waals surface area contributed by atoms with Gasteiger partial charge in [0.2, 0.25) is 11.8 Å². The zero-order valence-electron chi connectivity index (χ0n) is 23.9. The highest BCUT2D eigenvalue weighted by atomic mass is 35.5. The maximum Gasteiger partial charge on any atom is 0.264 e. The number of halogens is 2. The molecule has 0 fully saturated rings. The molecule has 0 aromatic heterocycles. The summed E-state index contributed by atoms with van der Waals surface area (Å²) in [6, 6.07) is 17.7. The van der Waals surface area contributed by atoms with Crippen molar-refractivity contribution in [2.24, 2.45) is 0 Å².